The Kier molecular flexibility index (Phi) is 8.50. The maximum absolute atomic E-state index is 13.2. The van der Waals surface area contributed by atoms with Gasteiger partial charge in [-0.25, -0.2) is 15.0 Å². The van der Waals surface area contributed by atoms with Crippen LogP contribution in [0.4, 0.5) is 17.3 Å². The Morgan fingerprint density at radius 1 is 1.34 bits per heavy atom. The molecular formula is C24H32N8O3. The minimum absolute atomic E-state index is 0.0217. The number of aromatic nitrogens is 3. The number of nitrogens with one attached hydrogen (secondary N) is 1. The zero-order chi connectivity index (χ0) is 25.4. The molecule has 0 aliphatic carbocycles. The number of allylic oxidation sites excluding steroid dienone is 2. The summed E-state index contributed by atoms with van der Waals surface area (Å²) in [6, 6.07) is 3.72. The van der Waals surface area contributed by atoms with Crippen molar-refractivity contribution in [3.8, 4) is 0 Å². The lowest BCUT2D eigenvalue weighted by atomic mass is 9.89. The molecule has 0 bridgehead atoms. The number of piperidine rings is 1. The Morgan fingerprint density at radius 3 is 2.71 bits per heavy atom. The number of rotatable bonds is 9. The lowest BCUT2D eigenvalue weighted by molar-refractivity contribution is 0.102. The molecule has 11 nitrogen and oxygen atoms in total. The van der Waals surface area contributed by atoms with E-state index in [1.165, 1.54) is 19.5 Å². The van der Waals surface area contributed by atoms with Crippen LogP contribution in [0.1, 0.15) is 35.9 Å². The summed E-state index contributed by atoms with van der Waals surface area (Å²) in [6.45, 7) is 7.34. The fourth-order valence-electron chi connectivity index (χ4n) is 3.92. The quantitative estimate of drug-likeness (QED) is 0.362. The fourth-order valence-corrected chi connectivity index (χ4v) is 3.92. The lowest BCUT2D eigenvalue weighted by Gasteiger charge is -2.40. The first kappa shape index (κ1) is 25.8. The van der Waals surface area contributed by atoms with E-state index in [4.69, 9.17) is 20.9 Å². The number of ether oxygens (including phenoxy) is 2. The number of amides is 1. The number of anilines is 3. The van der Waals surface area contributed by atoms with Gasteiger partial charge in [0.1, 0.15) is 17.2 Å². The van der Waals surface area contributed by atoms with Crippen LogP contribution in [0, 0.1) is 0 Å². The molecule has 0 atom stereocenters. The molecule has 1 aliphatic heterocycles. The molecule has 35 heavy (non-hydrogen) atoms. The van der Waals surface area contributed by atoms with Gasteiger partial charge >= 0.3 is 0 Å². The van der Waals surface area contributed by atoms with E-state index >= 15 is 0 Å². The monoisotopic (exact) mass is 480 g/mol. The van der Waals surface area contributed by atoms with E-state index in [-0.39, 0.29) is 17.1 Å². The van der Waals surface area contributed by atoms with Crippen molar-refractivity contribution in [1.82, 2.24) is 15.0 Å². The van der Waals surface area contributed by atoms with Crippen LogP contribution in [0.3, 0.4) is 0 Å². The van der Waals surface area contributed by atoms with Crippen LogP contribution in [0.5, 0.6) is 0 Å². The number of nitrogens with two attached hydrogens (primary N) is 2. The molecular weight excluding hydrogens is 448 g/mol. The van der Waals surface area contributed by atoms with Gasteiger partial charge in [0.25, 0.3) is 5.91 Å². The van der Waals surface area contributed by atoms with Crippen molar-refractivity contribution in [3.05, 3.63) is 60.5 Å². The van der Waals surface area contributed by atoms with Crippen LogP contribution in [-0.2, 0) is 9.47 Å². The molecule has 1 fully saturated rings. The van der Waals surface area contributed by atoms with Gasteiger partial charge in [0.05, 0.1) is 25.6 Å². The minimum Gasteiger partial charge on any atom is -0.495 e. The third-order valence-electron chi connectivity index (χ3n) is 5.74. The first-order valence-electron chi connectivity index (χ1n) is 11.2. The number of methoxy groups -OCH3 is 2. The molecule has 2 aromatic rings. The molecule has 3 heterocycles. The maximum Gasteiger partial charge on any atom is 0.279 e. The predicted molar refractivity (Wildman–Crippen MR) is 136 cm³/mol. The highest BCUT2D eigenvalue weighted by molar-refractivity contribution is 6.12. The van der Waals surface area contributed by atoms with Gasteiger partial charge in [0.2, 0.25) is 0 Å². The Bertz CT molecular complexity index is 1120. The van der Waals surface area contributed by atoms with E-state index in [0.717, 1.165) is 18.5 Å². The van der Waals surface area contributed by atoms with Crippen LogP contribution in [0.2, 0.25) is 0 Å². The van der Waals surface area contributed by atoms with Crippen LogP contribution in [0.15, 0.2) is 54.1 Å². The summed E-state index contributed by atoms with van der Waals surface area (Å²) < 4.78 is 10.6. The van der Waals surface area contributed by atoms with Gasteiger partial charge in [-0.1, -0.05) is 6.58 Å². The molecule has 186 valence electrons. The van der Waals surface area contributed by atoms with Crippen molar-refractivity contribution < 1.29 is 14.3 Å². The number of hydrogen-bond acceptors (Lipinski definition) is 10. The van der Waals surface area contributed by atoms with Gasteiger partial charge in [-0.15, -0.1) is 0 Å². The Balaban J connectivity index is 1.86. The average molecular weight is 481 g/mol. The summed E-state index contributed by atoms with van der Waals surface area (Å²) in [6.07, 6.45) is 7.62. The molecule has 1 aliphatic rings. The number of hydrogen-bond donors (Lipinski definition) is 3. The highest BCUT2D eigenvalue weighted by Crippen LogP contribution is 2.29. The summed E-state index contributed by atoms with van der Waals surface area (Å²) in [5, 5.41) is 2.83. The Morgan fingerprint density at radius 2 is 2.09 bits per heavy atom. The largest absolute Gasteiger partial charge is 0.495 e. The maximum atomic E-state index is 13.2. The van der Waals surface area contributed by atoms with Crippen LogP contribution >= 0.6 is 0 Å². The first-order valence-corrected chi connectivity index (χ1v) is 11.2. The SMILES string of the molecule is C=CN=C(/C(=C\C)OC)c1cnc(N)c(C(=O)Nc2ncccc2N2CCC(N)(COC)CC2)n1. The Labute approximate surface area is 205 Å². The van der Waals surface area contributed by atoms with E-state index in [0.29, 0.717) is 42.7 Å². The fraction of sp³-hybridized carbons (Fsp3) is 0.375. The molecule has 0 spiro atoms. The second-order valence-electron chi connectivity index (χ2n) is 8.11. The number of nitrogens with zero attached hydrogens (tertiary/aromatic N) is 5. The van der Waals surface area contributed by atoms with Crippen molar-refractivity contribution in [2.45, 2.75) is 25.3 Å². The summed E-state index contributed by atoms with van der Waals surface area (Å²) in [4.78, 5) is 32.5. The first-order chi connectivity index (χ1) is 16.9. The van der Waals surface area contributed by atoms with Crippen molar-refractivity contribution in [2.24, 2.45) is 10.7 Å². The molecule has 11 heteroatoms. The number of aliphatic imine (C=N–C) groups is 1. The predicted octanol–water partition coefficient (Wildman–Crippen LogP) is 2.13. The molecule has 0 saturated carbocycles. The molecule has 0 radical (unpaired) electrons. The lowest BCUT2D eigenvalue weighted by Crippen LogP contribution is -2.53. The zero-order valence-electron chi connectivity index (χ0n) is 20.3. The molecule has 1 saturated heterocycles. The van der Waals surface area contributed by atoms with Crippen molar-refractivity contribution in [2.75, 3.05) is 49.9 Å². The van der Waals surface area contributed by atoms with E-state index in [1.54, 1.807) is 26.3 Å². The van der Waals surface area contributed by atoms with Gasteiger partial charge < -0.3 is 31.2 Å². The van der Waals surface area contributed by atoms with Crippen LogP contribution < -0.4 is 21.7 Å². The van der Waals surface area contributed by atoms with Crippen molar-refractivity contribution in [1.29, 1.82) is 0 Å². The highest BCUT2D eigenvalue weighted by Gasteiger charge is 2.32. The van der Waals surface area contributed by atoms with E-state index in [1.807, 2.05) is 12.1 Å². The molecule has 0 aromatic carbocycles. The van der Waals surface area contributed by atoms with Gasteiger partial charge in [0, 0.05) is 38.1 Å². The smallest absolute Gasteiger partial charge is 0.279 e. The standard InChI is InChI=1S/C24H32N8O3/c1-5-18(35-4)19(27-6-2)16-14-29-21(25)20(30-16)23(33)31-22-17(8-7-11-28-22)32-12-9-24(26,10-13-32)15-34-3/h5-8,11,14H,2,9-10,12-13,15,26H2,1,3-4H3,(H2,25,29)(H,28,31,33)/b18-5+,27-19?. The molecule has 2 aromatic heterocycles. The molecule has 3 rings (SSSR count). The third kappa shape index (κ3) is 6.00. The van der Waals surface area contributed by atoms with Crippen molar-refractivity contribution in [3.63, 3.8) is 0 Å². The van der Waals surface area contributed by atoms with Gasteiger partial charge in [-0.3, -0.25) is 9.79 Å². The third-order valence-corrected chi connectivity index (χ3v) is 5.74. The van der Waals surface area contributed by atoms with Gasteiger partial charge in [0.15, 0.2) is 17.3 Å². The van der Waals surface area contributed by atoms with Gasteiger partial charge in [-0.05, 0) is 38.0 Å². The average Bonchev–Trinajstić information content (AvgIpc) is 2.85. The van der Waals surface area contributed by atoms with Crippen molar-refractivity contribution >= 4 is 28.9 Å². The Hall–Kier alpha value is -3.83. The molecule has 5 N–H and O–H groups in total. The summed E-state index contributed by atoms with van der Waals surface area (Å²) in [5.41, 5.74) is 13.5. The second kappa shape index (κ2) is 11.5. The van der Waals surface area contributed by atoms with E-state index < -0.39 is 5.91 Å². The molecule has 0 unspecified atom stereocenters. The molecule has 1 amide bonds. The minimum atomic E-state index is -0.543. The number of carbonyl (C=O) groups excluding carboxylic acids is 1. The zero-order valence-corrected chi connectivity index (χ0v) is 20.3. The van der Waals surface area contributed by atoms with E-state index in [9.17, 15) is 4.79 Å². The highest BCUT2D eigenvalue weighted by atomic mass is 16.5. The van der Waals surface area contributed by atoms with E-state index in [2.05, 4.69) is 36.7 Å². The number of nitrogen functional groups attached to an aromatic ring is 1. The van der Waals surface area contributed by atoms with Crippen LogP contribution in [0.25, 0.3) is 0 Å². The second-order valence-corrected chi connectivity index (χ2v) is 8.11. The summed E-state index contributed by atoms with van der Waals surface area (Å²) >= 11 is 0. The number of carbonyl (C=O) groups is 1. The topological polar surface area (TPSA) is 154 Å². The normalized spacial score (nSPS) is 16.1. The summed E-state index contributed by atoms with van der Waals surface area (Å²) in [7, 11) is 3.17. The number of pyridine rings is 1. The summed E-state index contributed by atoms with van der Waals surface area (Å²) in [5.74, 6) is 0.286. The van der Waals surface area contributed by atoms with Gasteiger partial charge in [-0.2, -0.15) is 0 Å². The van der Waals surface area contributed by atoms with Crippen LogP contribution in [-0.4, -0.2) is 66.0 Å².